The summed E-state index contributed by atoms with van der Waals surface area (Å²) in [7, 11) is 0. The second-order valence-corrected chi connectivity index (χ2v) is 6.19. The van der Waals surface area contributed by atoms with Crippen LogP contribution in [0.3, 0.4) is 0 Å². The summed E-state index contributed by atoms with van der Waals surface area (Å²) in [5.74, 6) is -0.394. The molecule has 0 bridgehead atoms. The Morgan fingerprint density at radius 1 is 1.17 bits per heavy atom. The highest BCUT2D eigenvalue weighted by Gasteiger charge is 2.35. The van der Waals surface area contributed by atoms with Crippen molar-refractivity contribution in [2.45, 2.75) is 26.7 Å². The third-order valence-corrected chi connectivity index (χ3v) is 4.55. The van der Waals surface area contributed by atoms with Gasteiger partial charge in [-0.25, -0.2) is 0 Å². The molecule has 0 unspecified atom stereocenters. The molecule has 1 fully saturated rings. The molecule has 1 aliphatic rings. The predicted molar refractivity (Wildman–Crippen MR) is 96.1 cm³/mol. The molecule has 2 aromatic carbocycles. The fourth-order valence-electron chi connectivity index (χ4n) is 3.17. The maximum Gasteiger partial charge on any atom is 0.229 e. The minimum atomic E-state index is -0.318. The van der Waals surface area contributed by atoms with Gasteiger partial charge in [0.1, 0.15) is 0 Å². The SMILES string of the molecule is CCc1cccc(C)c1NC(=O)[C@@H]1CC(=O)N(c2ccccc2)C1. The van der Waals surface area contributed by atoms with E-state index in [2.05, 4.69) is 12.2 Å². The Bertz CT molecular complexity index is 755. The molecule has 1 atom stereocenters. The Labute approximate surface area is 142 Å². The van der Waals surface area contributed by atoms with Gasteiger partial charge in [0.15, 0.2) is 0 Å². The number of carbonyl (C=O) groups is 2. The molecule has 0 spiro atoms. The van der Waals surface area contributed by atoms with E-state index in [1.54, 1.807) is 4.90 Å². The number of carbonyl (C=O) groups excluding carboxylic acids is 2. The van der Waals surface area contributed by atoms with Crippen LogP contribution in [0.5, 0.6) is 0 Å². The number of nitrogens with zero attached hydrogens (tertiary/aromatic N) is 1. The van der Waals surface area contributed by atoms with Crippen LogP contribution in [0, 0.1) is 12.8 Å². The van der Waals surface area contributed by atoms with E-state index in [1.165, 1.54) is 0 Å². The van der Waals surface area contributed by atoms with Gasteiger partial charge < -0.3 is 10.2 Å². The normalized spacial score (nSPS) is 17.2. The molecule has 0 aromatic heterocycles. The van der Waals surface area contributed by atoms with Crippen LogP contribution < -0.4 is 10.2 Å². The molecule has 2 amide bonds. The number of hydrogen-bond donors (Lipinski definition) is 1. The van der Waals surface area contributed by atoms with E-state index < -0.39 is 0 Å². The van der Waals surface area contributed by atoms with Crippen molar-refractivity contribution in [2.75, 3.05) is 16.8 Å². The Kier molecular flexibility index (Phi) is 4.65. The molecular formula is C20H22N2O2. The van der Waals surface area contributed by atoms with Crippen LogP contribution in [-0.2, 0) is 16.0 Å². The van der Waals surface area contributed by atoms with Crippen LogP contribution in [0.2, 0.25) is 0 Å². The Balaban J connectivity index is 1.74. The summed E-state index contributed by atoms with van der Waals surface area (Å²) in [4.78, 5) is 26.6. The zero-order valence-electron chi connectivity index (χ0n) is 14.1. The average molecular weight is 322 g/mol. The third kappa shape index (κ3) is 3.18. The average Bonchev–Trinajstić information content (AvgIpc) is 2.99. The summed E-state index contributed by atoms with van der Waals surface area (Å²) in [6.45, 7) is 4.49. The summed E-state index contributed by atoms with van der Waals surface area (Å²) in [6, 6.07) is 15.5. The van der Waals surface area contributed by atoms with Gasteiger partial charge in [-0.05, 0) is 36.6 Å². The van der Waals surface area contributed by atoms with Gasteiger partial charge in [0.25, 0.3) is 0 Å². The second-order valence-electron chi connectivity index (χ2n) is 6.19. The highest BCUT2D eigenvalue weighted by atomic mass is 16.2. The van der Waals surface area contributed by atoms with Gasteiger partial charge >= 0.3 is 0 Å². The number of benzene rings is 2. The van der Waals surface area contributed by atoms with E-state index in [-0.39, 0.29) is 24.2 Å². The zero-order chi connectivity index (χ0) is 17.1. The van der Waals surface area contributed by atoms with E-state index in [0.29, 0.717) is 6.54 Å². The summed E-state index contributed by atoms with van der Waals surface area (Å²) >= 11 is 0. The highest BCUT2D eigenvalue weighted by molar-refractivity contribution is 6.03. The Morgan fingerprint density at radius 3 is 2.62 bits per heavy atom. The van der Waals surface area contributed by atoms with Crippen LogP contribution in [-0.4, -0.2) is 18.4 Å². The number of rotatable bonds is 4. The van der Waals surface area contributed by atoms with Gasteiger partial charge in [0.2, 0.25) is 11.8 Å². The van der Waals surface area contributed by atoms with Crippen molar-refractivity contribution in [3.63, 3.8) is 0 Å². The van der Waals surface area contributed by atoms with Gasteiger partial charge in [0.05, 0.1) is 5.92 Å². The first-order chi connectivity index (χ1) is 11.6. The van der Waals surface area contributed by atoms with Gasteiger partial charge in [0, 0.05) is 24.3 Å². The standard InChI is InChI=1S/C20H22N2O2/c1-3-15-9-7-8-14(2)19(15)21-20(24)16-12-18(23)22(13-16)17-10-5-4-6-11-17/h4-11,16H,3,12-13H2,1-2H3,(H,21,24)/t16-/m1/s1. The van der Waals surface area contributed by atoms with Crippen molar-refractivity contribution < 1.29 is 9.59 Å². The van der Waals surface area contributed by atoms with E-state index in [9.17, 15) is 9.59 Å². The molecule has 0 radical (unpaired) electrons. The van der Waals surface area contributed by atoms with Crippen molar-refractivity contribution in [1.29, 1.82) is 0 Å². The Hall–Kier alpha value is -2.62. The molecule has 3 rings (SSSR count). The van der Waals surface area contributed by atoms with Gasteiger partial charge in [-0.2, -0.15) is 0 Å². The fraction of sp³-hybridized carbons (Fsp3) is 0.300. The van der Waals surface area contributed by atoms with Gasteiger partial charge in [-0.3, -0.25) is 9.59 Å². The molecule has 4 heteroatoms. The van der Waals surface area contributed by atoms with Crippen LogP contribution in [0.1, 0.15) is 24.5 Å². The zero-order valence-corrected chi connectivity index (χ0v) is 14.1. The molecule has 124 valence electrons. The second kappa shape index (κ2) is 6.87. The van der Waals surface area contributed by atoms with Crippen LogP contribution in [0.4, 0.5) is 11.4 Å². The number of aryl methyl sites for hydroxylation is 2. The maximum absolute atomic E-state index is 12.7. The van der Waals surface area contributed by atoms with Crippen molar-refractivity contribution >= 4 is 23.2 Å². The monoisotopic (exact) mass is 322 g/mol. The molecule has 1 aliphatic heterocycles. The summed E-state index contributed by atoms with van der Waals surface area (Å²) in [6.07, 6.45) is 1.12. The highest BCUT2D eigenvalue weighted by Crippen LogP contribution is 2.27. The molecule has 1 saturated heterocycles. The van der Waals surface area contributed by atoms with E-state index >= 15 is 0 Å². The van der Waals surface area contributed by atoms with Crippen molar-refractivity contribution in [3.8, 4) is 0 Å². The largest absolute Gasteiger partial charge is 0.325 e. The molecule has 0 saturated carbocycles. The lowest BCUT2D eigenvalue weighted by atomic mass is 10.0. The molecular weight excluding hydrogens is 300 g/mol. The first-order valence-corrected chi connectivity index (χ1v) is 8.35. The predicted octanol–water partition coefficient (Wildman–Crippen LogP) is 3.55. The number of para-hydroxylation sites is 2. The molecule has 1 heterocycles. The number of amides is 2. The lowest BCUT2D eigenvalue weighted by molar-refractivity contribution is -0.122. The first-order valence-electron chi connectivity index (χ1n) is 8.35. The minimum Gasteiger partial charge on any atom is -0.325 e. The first kappa shape index (κ1) is 16.2. The van der Waals surface area contributed by atoms with E-state index in [1.807, 2.05) is 55.5 Å². The maximum atomic E-state index is 12.7. The van der Waals surface area contributed by atoms with Crippen LogP contribution in [0.15, 0.2) is 48.5 Å². The van der Waals surface area contributed by atoms with Crippen LogP contribution >= 0.6 is 0 Å². The lowest BCUT2D eigenvalue weighted by Crippen LogP contribution is -2.28. The van der Waals surface area contributed by atoms with Gasteiger partial charge in [-0.15, -0.1) is 0 Å². The lowest BCUT2D eigenvalue weighted by Gasteiger charge is -2.18. The number of anilines is 2. The van der Waals surface area contributed by atoms with Crippen molar-refractivity contribution in [1.82, 2.24) is 0 Å². The molecule has 24 heavy (non-hydrogen) atoms. The fourth-order valence-corrected chi connectivity index (χ4v) is 3.17. The van der Waals surface area contributed by atoms with Gasteiger partial charge in [-0.1, -0.05) is 43.3 Å². The van der Waals surface area contributed by atoms with Crippen molar-refractivity contribution in [3.05, 3.63) is 59.7 Å². The molecule has 2 aromatic rings. The summed E-state index contributed by atoms with van der Waals surface area (Å²) < 4.78 is 0. The smallest absolute Gasteiger partial charge is 0.229 e. The third-order valence-electron chi connectivity index (χ3n) is 4.55. The topological polar surface area (TPSA) is 49.4 Å². The minimum absolute atomic E-state index is 0.00171. The molecule has 1 N–H and O–H groups in total. The summed E-state index contributed by atoms with van der Waals surface area (Å²) in [5.41, 5.74) is 3.90. The van der Waals surface area contributed by atoms with E-state index in [0.717, 1.165) is 28.9 Å². The molecule has 4 nitrogen and oxygen atoms in total. The number of nitrogens with one attached hydrogen (secondary N) is 1. The quantitative estimate of drug-likeness (QED) is 0.936. The van der Waals surface area contributed by atoms with E-state index in [4.69, 9.17) is 0 Å². The van der Waals surface area contributed by atoms with Crippen LogP contribution in [0.25, 0.3) is 0 Å². The Morgan fingerprint density at radius 2 is 1.92 bits per heavy atom. The number of hydrogen-bond acceptors (Lipinski definition) is 2. The molecule has 0 aliphatic carbocycles. The van der Waals surface area contributed by atoms with Crippen molar-refractivity contribution in [2.24, 2.45) is 5.92 Å². The summed E-state index contributed by atoms with van der Waals surface area (Å²) in [5, 5.41) is 3.05.